The number of guanidine groups is 1. The number of hydrogen-bond donors (Lipinski definition) is 2. The molecule has 4 nitrogen and oxygen atoms in total. The van der Waals surface area contributed by atoms with Crippen molar-refractivity contribution < 1.29 is 0 Å². The summed E-state index contributed by atoms with van der Waals surface area (Å²) >= 11 is 1.68. The van der Waals surface area contributed by atoms with E-state index in [-0.39, 0.29) is 5.96 Å². The molecule has 0 fully saturated rings. The van der Waals surface area contributed by atoms with E-state index in [1.165, 1.54) is 4.90 Å². The Morgan fingerprint density at radius 1 is 1.43 bits per heavy atom. The second-order valence-electron chi connectivity index (χ2n) is 2.55. The largest absolute Gasteiger partial charge is 0.369 e. The fourth-order valence-corrected chi connectivity index (χ4v) is 1.35. The SMILES string of the molecule is CSc1cccc(C=NN=C(N)N)c1. The minimum absolute atomic E-state index is 0.0396. The predicted octanol–water partition coefficient (Wildman–Crippen LogP) is 1.02. The van der Waals surface area contributed by atoms with E-state index in [0.717, 1.165) is 5.56 Å². The van der Waals surface area contributed by atoms with Crippen molar-refractivity contribution in [1.82, 2.24) is 0 Å². The van der Waals surface area contributed by atoms with Crippen LogP contribution in [0.15, 0.2) is 39.4 Å². The summed E-state index contributed by atoms with van der Waals surface area (Å²) in [5, 5.41) is 7.23. The maximum atomic E-state index is 5.12. The van der Waals surface area contributed by atoms with Gasteiger partial charge in [-0.25, -0.2) is 0 Å². The monoisotopic (exact) mass is 208 g/mol. The highest BCUT2D eigenvalue weighted by Gasteiger charge is 1.90. The summed E-state index contributed by atoms with van der Waals surface area (Å²) in [6.07, 6.45) is 3.63. The van der Waals surface area contributed by atoms with E-state index in [4.69, 9.17) is 11.5 Å². The van der Waals surface area contributed by atoms with Crippen molar-refractivity contribution in [2.24, 2.45) is 21.7 Å². The Morgan fingerprint density at radius 2 is 2.21 bits per heavy atom. The van der Waals surface area contributed by atoms with E-state index < -0.39 is 0 Å². The summed E-state index contributed by atoms with van der Waals surface area (Å²) in [5.74, 6) is -0.0396. The maximum absolute atomic E-state index is 5.12. The van der Waals surface area contributed by atoms with Crippen molar-refractivity contribution in [1.29, 1.82) is 0 Å². The molecule has 0 amide bonds. The number of benzene rings is 1. The van der Waals surface area contributed by atoms with Gasteiger partial charge in [0.1, 0.15) is 0 Å². The smallest absolute Gasteiger partial charge is 0.211 e. The van der Waals surface area contributed by atoms with Crippen LogP contribution in [0.3, 0.4) is 0 Å². The summed E-state index contributed by atoms with van der Waals surface area (Å²) in [7, 11) is 0. The molecule has 4 N–H and O–H groups in total. The summed E-state index contributed by atoms with van der Waals surface area (Å²) in [6, 6.07) is 7.94. The lowest BCUT2D eigenvalue weighted by Crippen LogP contribution is -2.21. The first-order valence-corrected chi connectivity index (χ1v) is 5.21. The quantitative estimate of drug-likeness (QED) is 0.337. The molecule has 74 valence electrons. The van der Waals surface area contributed by atoms with Crippen LogP contribution >= 0.6 is 11.8 Å². The summed E-state index contributed by atoms with van der Waals surface area (Å²) < 4.78 is 0. The van der Waals surface area contributed by atoms with Crippen molar-refractivity contribution in [3.63, 3.8) is 0 Å². The van der Waals surface area contributed by atoms with Crippen molar-refractivity contribution in [3.05, 3.63) is 29.8 Å². The van der Waals surface area contributed by atoms with E-state index in [2.05, 4.69) is 10.2 Å². The normalized spacial score (nSPS) is 10.4. The minimum atomic E-state index is -0.0396. The van der Waals surface area contributed by atoms with Gasteiger partial charge in [0.05, 0.1) is 6.21 Å². The number of rotatable bonds is 3. The summed E-state index contributed by atoms with van der Waals surface area (Å²) in [4.78, 5) is 1.18. The molecule has 0 aliphatic rings. The second kappa shape index (κ2) is 5.29. The molecule has 1 aromatic rings. The van der Waals surface area contributed by atoms with Gasteiger partial charge in [-0.05, 0) is 24.0 Å². The topological polar surface area (TPSA) is 76.8 Å². The molecule has 1 aromatic carbocycles. The first kappa shape index (κ1) is 10.6. The van der Waals surface area contributed by atoms with Crippen LogP contribution in [0.1, 0.15) is 5.56 Å². The standard InChI is InChI=1S/C9H12N4S/c1-14-8-4-2-3-7(5-8)6-12-13-9(10)11/h2-6H,1H3,(H4,10,11,13). The first-order valence-electron chi connectivity index (χ1n) is 3.98. The molecule has 0 heterocycles. The highest BCUT2D eigenvalue weighted by atomic mass is 32.2. The van der Waals surface area contributed by atoms with Crippen LogP contribution in [0, 0.1) is 0 Å². The molecule has 0 atom stereocenters. The van der Waals surface area contributed by atoms with Gasteiger partial charge in [-0.15, -0.1) is 16.9 Å². The van der Waals surface area contributed by atoms with Gasteiger partial charge in [0.25, 0.3) is 0 Å². The molecule has 0 unspecified atom stereocenters. The molecule has 0 bridgehead atoms. The van der Waals surface area contributed by atoms with E-state index >= 15 is 0 Å². The van der Waals surface area contributed by atoms with Gasteiger partial charge >= 0.3 is 0 Å². The zero-order chi connectivity index (χ0) is 10.4. The van der Waals surface area contributed by atoms with Gasteiger partial charge in [-0.1, -0.05) is 12.1 Å². The Balaban J connectivity index is 2.76. The van der Waals surface area contributed by atoms with Crippen molar-refractivity contribution in [2.75, 3.05) is 6.26 Å². The molecule has 1 rings (SSSR count). The van der Waals surface area contributed by atoms with Crippen LogP contribution in [-0.2, 0) is 0 Å². The van der Waals surface area contributed by atoms with Gasteiger partial charge in [-0.2, -0.15) is 5.10 Å². The molecule has 0 aliphatic heterocycles. The van der Waals surface area contributed by atoms with Crippen LogP contribution < -0.4 is 11.5 Å². The zero-order valence-electron chi connectivity index (χ0n) is 7.84. The molecule has 0 spiro atoms. The van der Waals surface area contributed by atoms with Gasteiger partial charge in [0.2, 0.25) is 5.96 Å². The van der Waals surface area contributed by atoms with Crippen molar-refractivity contribution in [2.45, 2.75) is 4.90 Å². The van der Waals surface area contributed by atoms with Gasteiger partial charge < -0.3 is 11.5 Å². The maximum Gasteiger partial charge on any atom is 0.211 e. The molecule has 0 saturated heterocycles. The van der Waals surface area contributed by atoms with Gasteiger partial charge in [-0.3, -0.25) is 0 Å². The highest BCUT2D eigenvalue weighted by molar-refractivity contribution is 7.98. The fraction of sp³-hybridized carbons (Fsp3) is 0.111. The van der Waals surface area contributed by atoms with Crippen LogP contribution in [0.5, 0.6) is 0 Å². The highest BCUT2D eigenvalue weighted by Crippen LogP contribution is 2.14. The van der Waals surface area contributed by atoms with Crippen molar-refractivity contribution >= 4 is 23.9 Å². The zero-order valence-corrected chi connectivity index (χ0v) is 8.66. The van der Waals surface area contributed by atoms with Gasteiger partial charge in [0.15, 0.2) is 0 Å². The summed E-state index contributed by atoms with van der Waals surface area (Å²) in [6.45, 7) is 0. The van der Waals surface area contributed by atoms with Crippen LogP contribution in [0.4, 0.5) is 0 Å². The molecule has 0 saturated carbocycles. The Hall–Kier alpha value is -1.49. The fourth-order valence-electron chi connectivity index (χ4n) is 0.884. The molecule has 14 heavy (non-hydrogen) atoms. The van der Waals surface area contributed by atoms with Crippen molar-refractivity contribution in [3.8, 4) is 0 Å². The lowest BCUT2D eigenvalue weighted by atomic mass is 10.2. The number of thioether (sulfide) groups is 1. The minimum Gasteiger partial charge on any atom is -0.369 e. The molecular weight excluding hydrogens is 196 g/mol. The molecular formula is C9H12N4S. The van der Waals surface area contributed by atoms with E-state index in [1.54, 1.807) is 18.0 Å². The first-order chi connectivity index (χ1) is 6.72. The lowest BCUT2D eigenvalue weighted by molar-refractivity contribution is 1.21. The number of hydrogen-bond acceptors (Lipinski definition) is 3. The average molecular weight is 208 g/mol. The summed E-state index contributed by atoms with van der Waals surface area (Å²) in [5.41, 5.74) is 11.2. The van der Waals surface area contributed by atoms with E-state index in [0.29, 0.717) is 0 Å². The average Bonchev–Trinajstić information content (AvgIpc) is 2.18. The third-order valence-corrected chi connectivity index (χ3v) is 2.20. The molecule has 5 heteroatoms. The van der Waals surface area contributed by atoms with E-state index in [9.17, 15) is 0 Å². The van der Waals surface area contributed by atoms with Crippen LogP contribution in [0.25, 0.3) is 0 Å². The lowest BCUT2D eigenvalue weighted by Gasteiger charge is -1.96. The predicted molar refractivity (Wildman–Crippen MR) is 61.6 cm³/mol. The van der Waals surface area contributed by atoms with Gasteiger partial charge in [0, 0.05) is 4.90 Å². The molecule has 0 radical (unpaired) electrons. The van der Waals surface area contributed by atoms with Crippen LogP contribution in [-0.4, -0.2) is 18.4 Å². The molecule has 0 aliphatic carbocycles. The second-order valence-corrected chi connectivity index (χ2v) is 3.43. The third-order valence-electron chi connectivity index (χ3n) is 1.47. The third kappa shape index (κ3) is 3.49. The van der Waals surface area contributed by atoms with Crippen LogP contribution in [0.2, 0.25) is 0 Å². The number of nitrogens with zero attached hydrogens (tertiary/aromatic N) is 2. The number of nitrogens with two attached hydrogens (primary N) is 2. The molecule has 0 aromatic heterocycles. The Labute approximate surface area is 87.1 Å². The van der Waals surface area contributed by atoms with E-state index in [1.807, 2.05) is 30.5 Å². The Morgan fingerprint density at radius 3 is 2.86 bits per heavy atom. The Bertz CT molecular complexity index is 356. The Kier molecular flexibility index (Phi) is 4.00.